The largest absolute Gasteiger partial charge is 0.480 e. The van der Waals surface area contributed by atoms with Gasteiger partial charge in [-0.3, -0.25) is 4.79 Å². The maximum Gasteiger partial charge on any atom is 0.325 e. The SMILES string of the molecule is O=C(O)Cn1nc(C2CCOC2)nc1-c1cnn(-c2ccccc2)c1. The fraction of sp³-hybridized carbons (Fsp3) is 0.294. The number of carbonyl (C=O) groups is 1. The van der Waals surface area contributed by atoms with Crippen molar-refractivity contribution in [3.8, 4) is 17.1 Å². The first-order valence-corrected chi connectivity index (χ1v) is 8.05. The first-order chi connectivity index (χ1) is 12.2. The van der Waals surface area contributed by atoms with Gasteiger partial charge >= 0.3 is 5.97 Å². The molecule has 25 heavy (non-hydrogen) atoms. The molecule has 4 rings (SSSR count). The molecule has 0 aliphatic carbocycles. The fourth-order valence-electron chi connectivity index (χ4n) is 2.88. The van der Waals surface area contributed by atoms with Gasteiger partial charge in [-0.05, 0) is 18.6 Å². The van der Waals surface area contributed by atoms with Gasteiger partial charge in [0.1, 0.15) is 6.54 Å². The van der Waals surface area contributed by atoms with Crippen molar-refractivity contribution in [1.82, 2.24) is 24.5 Å². The minimum Gasteiger partial charge on any atom is -0.480 e. The summed E-state index contributed by atoms with van der Waals surface area (Å²) < 4.78 is 8.54. The van der Waals surface area contributed by atoms with Gasteiger partial charge in [0.2, 0.25) is 0 Å². The number of benzene rings is 1. The molecule has 1 fully saturated rings. The molecule has 8 heteroatoms. The second-order valence-electron chi connectivity index (χ2n) is 5.91. The lowest BCUT2D eigenvalue weighted by Gasteiger charge is -2.01. The third-order valence-electron chi connectivity index (χ3n) is 4.13. The molecule has 0 bridgehead atoms. The quantitative estimate of drug-likeness (QED) is 0.760. The second kappa shape index (κ2) is 6.48. The van der Waals surface area contributed by atoms with Crippen LogP contribution in [0.25, 0.3) is 17.1 Å². The summed E-state index contributed by atoms with van der Waals surface area (Å²) in [4.78, 5) is 15.8. The van der Waals surface area contributed by atoms with E-state index in [4.69, 9.17) is 9.84 Å². The van der Waals surface area contributed by atoms with E-state index in [1.54, 1.807) is 10.9 Å². The summed E-state index contributed by atoms with van der Waals surface area (Å²) in [6, 6.07) is 9.69. The molecule has 3 heterocycles. The molecule has 1 aromatic carbocycles. The van der Waals surface area contributed by atoms with Gasteiger partial charge < -0.3 is 9.84 Å². The Kier molecular flexibility index (Phi) is 4.02. The van der Waals surface area contributed by atoms with Crippen LogP contribution < -0.4 is 0 Å². The first kappa shape index (κ1) is 15.5. The molecular weight excluding hydrogens is 322 g/mol. The van der Waals surface area contributed by atoms with Gasteiger partial charge in [-0.2, -0.15) is 10.2 Å². The van der Waals surface area contributed by atoms with E-state index in [-0.39, 0.29) is 12.5 Å². The van der Waals surface area contributed by atoms with Gasteiger partial charge in [-0.15, -0.1) is 0 Å². The lowest BCUT2D eigenvalue weighted by Crippen LogP contribution is -2.12. The molecule has 0 radical (unpaired) electrons. The van der Waals surface area contributed by atoms with Crippen LogP contribution >= 0.6 is 0 Å². The molecule has 0 spiro atoms. The number of aliphatic carboxylic acids is 1. The number of aromatic nitrogens is 5. The summed E-state index contributed by atoms with van der Waals surface area (Å²) in [6.07, 6.45) is 4.34. The summed E-state index contributed by atoms with van der Waals surface area (Å²) >= 11 is 0. The normalized spacial score (nSPS) is 17.0. The van der Waals surface area contributed by atoms with Crippen molar-refractivity contribution in [2.45, 2.75) is 18.9 Å². The number of hydrogen-bond donors (Lipinski definition) is 1. The van der Waals surface area contributed by atoms with E-state index in [2.05, 4.69) is 15.2 Å². The Labute approximate surface area is 143 Å². The molecule has 1 unspecified atom stereocenters. The summed E-state index contributed by atoms with van der Waals surface area (Å²) in [5, 5.41) is 17.9. The zero-order valence-electron chi connectivity index (χ0n) is 13.4. The van der Waals surface area contributed by atoms with Gasteiger partial charge in [0.05, 0.1) is 24.1 Å². The van der Waals surface area contributed by atoms with E-state index in [0.717, 1.165) is 17.7 Å². The number of rotatable bonds is 5. The molecule has 0 saturated carbocycles. The number of ether oxygens (including phenoxy) is 1. The highest BCUT2D eigenvalue weighted by Gasteiger charge is 2.25. The molecule has 1 aliphatic heterocycles. The highest BCUT2D eigenvalue weighted by Crippen LogP contribution is 2.26. The molecule has 3 aromatic rings. The molecule has 8 nitrogen and oxygen atoms in total. The predicted octanol–water partition coefficient (Wildman–Crippen LogP) is 1.72. The van der Waals surface area contributed by atoms with Crippen LogP contribution in [0.15, 0.2) is 42.7 Å². The molecule has 2 aromatic heterocycles. The standard InChI is InChI=1S/C17H17N5O3/c23-15(24)10-22-17(19-16(20-22)12-6-7-25-11-12)13-8-18-21(9-13)14-4-2-1-3-5-14/h1-5,8-9,12H,6-7,10-11H2,(H,23,24). The lowest BCUT2D eigenvalue weighted by molar-refractivity contribution is -0.137. The highest BCUT2D eigenvalue weighted by molar-refractivity contribution is 5.67. The van der Waals surface area contributed by atoms with Gasteiger partial charge in [0.25, 0.3) is 0 Å². The average Bonchev–Trinajstić information content (AvgIpc) is 3.35. The van der Waals surface area contributed by atoms with Gasteiger partial charge in [-0.25, -0.2) is 14.3 Å². The Bertz CT molecular complexity index is 881. The topological polar surface area (TPSA) is 95.1 Å². The van der Waals surface area contributed by atoms with Crippen LogP contribution in [0.5, 0.6) is 0 Å². The van der Waals surface area contributed by atoms with Crippen molar-refractivity contribution in [2.24, 2.45) is 0 Å². The number of carboxylic acid groups (broad SMARTS) is 1. The Hall–Kier alpha value is -3.00. The van der Waals surface area contributed by atoms with E-state index in [9.17, 15) is 4.79 Å². The highest BCUT2D eigenvalue weighted by atomic mass is 16.5. The van der Waals surface area contributed by atoms with Crippen molar-refractivity contribution in [1.29, 1.82) is 0 Å². The molecule has 1 atom stereocenters. The van der Waals surface area contributed by atoms with Gasteiger partial charge in [0, 0.05) is 18.7 Å². The first-order valence-electron chi connectivity index (χ1n) is 8.05. The van der Waals surface area contributed by atoms with E-state index in [1.807, 2.05) is 36.5 Å². The molecule has 1 N–H and O–H groups in total. The summed E-state index contributed by atoms with van der Waals surface area (Å²) in [7, 11) is 0. The number of nitrogens with zero attached hydrogens (tertiary/aromatic N) is 5. The van der Waals surface area contributed by atoms with Crippen LogP contribution in [-0.2, 0) is 16.1 Å². The molecule has 0 amide bonds. The van der Waals surface area contributed by atoms with Crippen molar-refractivity contribution >= 4 is 5.97 Å². The van der Waals surface area contributed by atoms with E-state index >= 15 is 0 Å². The monoisotopic (exact) mass is 339 g/mol. The number of carboxylic acids is 1. The Morgan fingerprint density at radius 2 is 2.16 bits per heavy atom. The fourth-order valence-corrected chi connectivity index (χ4v) is 2.88. The number of para-hydroxylation sites is 1. The number of hydrogen-bond acceptors (Lipinski definition) is 5. The minimum absolute atomic E-state index is 0.109. The summed E-state index contributed by atoms with van der Waals surface area (Å²) in [6.45, 7) is 1.01. The zero-order chi connectivity index (χ0) is 17.2. The van der Waals surface area contributed by atoms with Crippen LogP contribution in [0, 0.1) is 0 Å². The van der Waals surface area contributed by atoms with Crippen LogP contribution in [-0.4, -0.2) is 48.8 Å². The minimum atomic E-state index is -0.962. The maximum absolute atomic E-state index is 11.2. The predicted molar refractivity (Wildman–Crippen MR) is 88.4 cm³/mol. The van der Waals surface area contributed by atoms with E-state index in [0.29, 0.717) is 24.9 Å². The van der Waals surface area contributed by atoms with Crippen LogP contribution in [0.2, 0.25) is 0 Å². The summed E-state index contributed by atoms with van der Waals surface area (Å²) in [5.41, 5.74) is 1.64. The third-order valence-corrected chi connectivity index (χ3v) is 4.13. The maximum atomic E-state index is 11.2. The van der Waals surface area contributed by atoms with Gasteiger partial charge in [0.15, 0.2) is 11.6 Å². The van der Waals surface area contributed by atoms with E-state index < -0.39 is 5.97 Å². The smallest absolute Gasteiger partial charge is 0.325 e. The van der Waals surface area contributed by atoms with Gasteiger partial charge in [-0.1, -0.05) is 18.2 Å². The Balaban J connectivity index is 1.71. The lowest BCUT2D eigenvalue weighted by atomic mass is 10.1. The summed E-state index contributed by atoms with van der Waals surface area (Å²) in [5.74, 6) is 0.279. The molecule has 1 saturated heterocycles. The third kappa shape index (κ3) is 3.16. The van der Waals surface area contributed by atoms with Crippen molar-refractivity contribution in [3.63, 3.8) is 0 Å². The van der Waals surface area contributed by atoms with Crippen molar-refractivity contribution in [3.05, 3.63) is 48.5 Å². The van der Waals surface area contributed by atoms with Crippen LogP contribution in [0.4, 0.5) is 0 Å². The van der Waals surface area contributed by atoms with E-state index in [1.165, 1.54) is 4.68 Å². The molecule has 1 aliphatic rings. The van der Waals surface area contributed by atoms with Crippen molar-refractivity contribution < 1.29 is 14.6 Å². The Morgan fingerprint density at radius 3 is 2.88 bits per heavy atom. The van der Waals surface area contributed by atoms with Crippen LogP contribution in [0.3, 0.4) is 0 Å². The van der Waals surface area contributed by atoms with Crippen LogP contribution in [0.1, 0.15) is 18.2 Å². The zero-order valence-corrected chi connectivity index (χ0v) is 13.4. The van der Waals surface area contributed by atoms with Crippen molar-refractivity contribution in [2.75, 3.05) is 13.2 Å². The molecule has 128 valence electrons. The average molecular weight is 339 g/mol. The Morgan fingerprint density at radius 1 is 1.32 bits per heavy atom. The molecular formula is C17H17N5O3. The second-order valence-corrected chi connectivity index (χ2v) is 5.91.